The van der Waals surface area contributed by atoms with E-state index in [9.17, 15) is 20.1 Å². The molecule has 10 heteroatoms. The Bertz CT molecular complexity index is 1770. The first-order valence-electron chi connectivity index (χ1n) is 16.6. The zero-order valence-electron chi connectivity index (χ0n) is 28.7. The third-order valence-corrected chi connectivity index (χ3v) is 10.3. The lowest BCUT2D eigenvalue weighted by Crippen LogP contribution is -2.43. The average molecular weight is 651 g/mol. The summed E-state index contributed by atoms with van der Waals surface area (Å²) >= 11 is 0. The number of carbonyl (C=O) groups is 2. The topological polar surface area (TPSA) is 132 Å². The molecule has 0 saturated carbocycles. The van der Waals surface area contributed by atoms with Crippen LogP contribution < -0.4 is 0 Å². The largest absolute Gasteiger partial charge is 0.378 e. The van der Waals surface area contributed by atoms with E-state index in [2.05, 4.69) is 59.3 Å². The first-order chi connectivity index (χ1) is 23.0. The summed E-state index contributed by atoms with van der Waals surface area (Å²) in [5.41, 5.74) is 7.26. The Labute approximate surface area is 284 Å². The molecule has 0 radical (unpaired) electrons. The molecule has 0 N–H and O–H groups in total. The lowest BCUT2D eigenvalue weighted by molar-refractivity contribution is -0.115. The Hall–Kier alpha value is -4.64. The summed E-state index contributed by atoms with van der Waals surface area (Å²) in [6.45, 7) is 13.1. The molecule has 2 aromatic rings. The second kappa shape index (κ2) is 14.2. The number of ketones is 2. The van der Waals surface area contributed by atoms with Gasteiger partial charge < -0.3 is 19.3 Å². The molecule has 0 spiro atoms. The van der Waals surface area contributed by atoms with Crippen LogP contribution in [-0.4, -0.2) is 82.9 Å². The number of carbonyl (C=O) groups excluding carboxylic acids is 2. The molecular formula is C38H46N6O4. The monoisotopic (exact) mass is 650 g/mol. The van der Waals surface area contributed by atoms with Gasteiger partial charge >= 0.3 is 0 Å². The Balaban J connectivity index is 0.000000216. The Morgan fingerprint density at radius 2 is 1.27 bits per heavy atom. The van der Waals surface area contributed by atoms with Crippen LogP contribution in [0.25, 0.3) is 17.5 Å². The minimum absolute atomic E-state index is 0. The number of hydrogen-bond acceptors (Lipinski definition) is 10. The van der Waals surface area contributed by atoms with E-state index in [1.165, 1.54) is 0 Å². The van der Waals surface area contributed by atoms with E-state index in [1.54, 1.807) is 32.7 Å². The summed E-state index contributed by atoms with van der Waals surface area (Å²) in [5, 5.41) is 19.1. The van der Waals surface area contributed by atoms with Crippen LogP contribution in [0.3, 0.4) is 0 Å². The zero-order valence-corrected chi connectivity index (χ0v) is 28.7. The molecule has 2 saturated heterocycles. The molecule has 0 aromatic carbocycles. The lowest BCUT2D eigenvalue weighted by Gasteiger charge is -2.41. The predicted octanol–water partition coefficient (Wildman–Crippen LogP) is 5.34. The minimum Gasteiger partial charge on any atom is -0.378 e. The molecular weight excluding hydrogens is 604 g/mol. The number of hydrogen-bond donors (Lipinski definition) is 0. The summed E-state index contributed by atoms with van der Waals surface area (Å²) < 4.78 is 11.2. The summed E-state index contributed by atoms with van der Waals surface area (Å²) in [7, 11) is 3.48. The van der Waals surface area contributed by atoms with Crippen molar-refractivity contribution in [2.24, 2.45) is 0 Å². The normalized spacial score (nSPS) is 19.8. The third kappa shape index (κ3) is 6.82. The van der Waals surface area contributed by atoms with Gasteiger partial charge in [-0.25, -0.2) is 0 Å². The maximum Gasteiger partial charge on any atom is 0.179 e. The SMILES string of the molecule is C=Cc1cc2c(cn1)CC(=O)C(C#N)=C2N1CCC(C)(OC)CC1.CCc1cc2c(cn1)CC(=O)C(C#N)=C2N1CCC(C)(OC)CC1.[HH]. The highest BCUT2D eigenvalue weighted by Gasteiger charge is 2.37. The number of likely N-dealkylation sites (tertiary alicyclic amines) is 2. The van der Waals surface area contributed by atoms with Gasteiger partial charge in [-0.1, -0.05) is 13.5 Å². The number of aromatic nitrogens is 2. The molecule has 0 amide bonds. The van der Waals surface area contributed by atoms with Crippen LogP contribution in [0.4, 0.5) is 0 Å². The van der Waals surface area contributed by atoms with Crippen molar-refractivity contribution >= 4 is 29.0 Å². The van der Waals surface area contributed by atoms with Crippen molar-refractivity contribution in [2.45, 2.75) is 76.9 Å². The summed E-state index contributed by atoms with van der Waals surface area (Å²) in [6.07, 6.45) is 9.99. The van der Waals surface area contributed by atoms with Gasteiger partial charge in [0.25, 0.3) is 0 Å². The van der Waals surface area contributed by atoms with Gasteiger partial charge in [-0.2, -0.15) is 10.5 Å². The van der Waals surface area contributed by atoms with Crippen LogP contribution in [0.15, 0.2) is 42.3 Å². The highest BCUT2D eigenvalue weighted by Crippen LogP contribution is 2.38. The molecule has 2 fully saturated rings. The van der Waals surface area contributed by atoms with E-state index in [0.29, 0.717) is 0 Å². The first-order valence-corrected chi connectivity index (χ1v) is 16.6. The van der Waals surface area contributed by atoms with Crippen molar-refractivity contribution in [3.63, 3.8) is 0 Å². The molecule has 10 nitrogen and oxygen atoms in total. The molecule has 0 atom stereocenters. The predicted molar refractivity (Wildman–Crippen MR) is 185 cm³/mol. The molecule has 4 aliphatic rings. The second-order valence-electron chi connectivity index (χ2n) is 13.3. The van der Waals surface area contributed by atoms with Crippen molar-refractivity contribution in [1.82, 2.24) is 19.8 Å². The molecule has 2 aliphatic heterocycles. The van der Waals surface area contributed by atoms with Crippen LogP contribution >= 0.6 is 0 Å². The summed E-state index contributed by atoms with van der Waals surface area (Å²) in [6, 6.07) is 8.24. The molecule has 2 aliphatic carbocycles. The van der Waals surface area contributed by atoms with Crippen LogP contribution in [0, 0.1) is 22.7 Å². The molecule has 4 heterocycles. The average Bonchev–Trinajstić information content (AvgIpc) is 3.11. The van der Waals surface area contributed by atoms with Crippen molar-refractivity contribution in [1.29, 1.82) is 10.5 Å². The molecule has 0 bridgehead atoms. The Morgan fingerprint density at radius 1 is 0.833 bits per heavy atom. The van der Waals surface area contributed by atoms with Crippen molar-refractivity contribution in [2.75, 3.05) is 40.4 Å². The van der Waals surface area contributed by atoms with Gasteiger partial charge in [0.05, 0.1) is 28.3 Å². The van der Waals surface area contributed by atoms with Gasteiger partial charge in [0.2, 0.25) is 0 Å². The minimum atomic E-state index is -0.143. The van der Waals surface area contributed by atoms with Gasteiger partial charge in [0, 0.05) is 83.9 Å². The number of fused-ring (bicyclic) bond motifs is 2. The Kier molecular flexibility index (Phi) is 10.3. The number of ether oxygens (including phenoxy) is 2. The molecule has 2 aromatic heterocycles. The quantitative estimate of drug-likeness (QED) is 0.404. The maximum absolute atomic E-state index is 12.4. The van der Waals surface area contributed by atoms with Crippen LogP contribution in [-0.2, 0) is 38.3 Å². The summed E-state index contributed by atoms with van der Waals surface area (Å²) in [5.74, 6) is -0.237. The zero-order chi connectivity index (χ0) is 34.6. The van der Waals surface area contributed by atoms with E-state index in [-0.39, 0.29) is 48.2 Å². The number of Topliss-reactive ketones (excluding diaryl/α,β-unsaturated/α-hetero) is 2. The number of pyridine rings is 2. The molecule has 48 heavy (non-hydrogen) atoms. The number of aryl methyl sites for hydroxylation is 1. The Morgan fingerprint density at radius 3 is 1.67 bits per heavy atom. The van der Waals surface area contributed by atoms with Crippen LogP contribution in [0.2, 0.25) is 0 Å². The highest BCUT2D eigenvalue weighted by atomic mass is 16.5. The fourth-order valence-electron chi connectivity index (χ4n) is 6.81. The number of piperidine rings is 2. The van der Waals surface area contributed by atoms with Crippen LogP contribution in [0.5, 0.6) is 0 Å². The fourth-order valence-corrected chi connectivity index (χ4v) is 6.81. The smallest absolute Gasteiger partial charge is 0.179 e. The number of nitrogens with zero attached hydrogens (tertiary/aromatic N) is 6. The van der Waals surface area contributed by atoms with Gasteiger partial charge in [0.1, 0.15) is 23.3 Å². The van der Waals surface area contributed by atoms with Gasteiger partial charge in [0.15, 0.2) is 11.6 Å². The molecule has 252 valence electrons. The standard InChI is InChI=1S/C19H23N3O2.C19H21N3O2.H2/c2*1-4-14-10-15-13(12-21-14)9-17(23)16(11-20)18(15)22-7-5-19(2,24-3)6-8-22;/h10,12H,4-9H2,1-3H3;4,10,12H,1,5-9H2,2-3H3;1H. The maximum atomic E-state index is 12.4. The van der Waals surface area contributed by atoms with E-state index >= 15 is 0 Å². The molecule has 6 rings (SSSR count). The van der Waals surface area contributed by atoms with E-state index in [0.717, 1.165) is 103 Å². The van der Waals surface area contributed by atoms with E-state index in [1.807, 2.05) is 12.1 Å². The highest BCUT2D eigenvalue weighted by molar-refractivity contribution is 6.10. The van der Waals surface area contributed by atoms with Crippen molar-refractivity contribution in [3.8, 4) is 12.1 Å². The number of rotatable bonds is 6. The van der Waals surface area contributed by atoms with Gasteiger partial charge in [-0.05, 0) is 75.3 Å². The van der Waals surface area contributed by atoms with Crippen LogP contribution in [0.1, 0.15) is 81.5 Å². The number of allylic oxidation sites excluding steroid dienone is 2. The van der Waals surface area contributed by atoms with E-state index in [4.69, 9.17) is 9.47 Å². The fraction of sp³-hybridized carbons (Fsp3) is 0.474. The lowest BCUT2D eigenvalue weighted by atomic mass is 9.86. The van der Waals surface area contributed by atoms with E-state index < -0.39 is 0 Å². The second-order valence-corrected chi connectivity index (χ2v) is 13.3. The van der Waals surface area contributed by atoms with Crippen molar-refractivity contribution < 1.29 is 20.5 Å². The van der Waals surface area contributed by atoms with Crippen molar-refractivity contribution in [3.05, 3.63) is 75.9 Å². The van der Waals surface area contributed by atoms with Gasteiger partial charge in [-0.3, -0.25) is 19.6 Å². The number of nitriles is 2. The number of methoxy groups -OCH3 is 2. The third-order valence-electron chi connectivity index (χ3n) is 10.3. The molecule has 0 unspecified atom stereocenters. The van der Waals surface area contributed by atoms with Gasteiger partial charge in [-0.15, -0.1) is 0 Å². The summed E-state index contributed by atoms with van der Waals surface area (Å²) in [4.78, 5) is 37.8. The first kappa shape index (κ1) is 34.7.